The molecule has 0 saturated heterocycles. The number of hydrogen-bond donors (Lipinski definition) is 2. The molecular weight excluding hydrogens is 326 g/mol. The molecular formula is C17H13N3O3S. The van der Waals surface area contributed by atoms with Gasteiger partial charge >= 0.3 is 0 Å². The molecule has 0 radical (unpaired) electrons. The fourth-order valence-corrected chi connectivity index (χ4v) is 2.49. The lowest BCUT2D eigenvalue weighted by Crippen LogP contribution is -2.13. The van der Waals surface area contributed by atoms with E-state index in [0.717, 1.165) is 0 Å². The predicted octanol–water partition coefficient (Wildman–Crippen LogP) is 3.29. The van der Waals surface area contributed by atoms with Gasteiger partial charge in [-0.05, 0) is 42.5 Å². The van der Waals surface area contributed by atoms with E-state index in [4.69, 9.17) is 10.5 Å². The van der Waals surface area contributed by atoms with Crippen LogP contribution in [0.2, 0.25) is 0 Å². The predicted molar refractivity (Wildman–Crippen MR) is 91.5 cm³/mol. The average Bonchev–Trinajstić information content (AvgIpc) is 3.08. The van der Waals surface area contributed by atoms with Gasteiger partial charge in [0.15, 0.2) is 0 Å². The largest absolute Gasteiger partial charge is 0.431 e. The van der Waals surface area contributed by atoms with Gasteiger partial charge in [-0.3, -0.25) is 9.59 Å². The molecule has 0 saturated carbocycles. The Kier molecular flexibility index (Phi) is 4.53. The molecule has 0 aliphatic carbocycles. The number of amides is 2. The molecule has 2 amide bonds. The van der Waals surface area contributed by atoms with E-state index in [0.29, 0.717) is 27.8 Å². The summed E-state index contributed by atoms with van der Waals surface area (Å²) in [6.07, 6.45) is 1.65. The fraction of sp³-hybridized carbons (Fsp3) is 0. The molecule has 3 rings (SSSR count). The first-order chi connectivity index (χ1) is 11.6. The van der Waals surface area contributed by atoms with Gasteiger partial charge in [0.25, 0.3) is 11.1 Å². The van der Waals surface area contributed by atoms with E-state index in [9.17, 15) is 9.59 Å². The van der Waals surface area contributed by atoms with Gasteiger partial charge in [0.05, 0.1) is 0 Å². The average molecular weight is 339 g/mol. The first-order valence-electron chi connectivity index (χ1n) is 7.00. The molecule has 0 bridgehead atoms. The first-order valence-corrected chi connectivity index (χ1v) is 7.88. The minimum Gasteiger partial charge on any atom is -0.431 e. The second-order valence-electron chi connectivity index (χ2n) is 4.82. The van der Waals surface area contributed by atoms with Crippen LogP contribution in [0.4, 0.5) is 5.69 Å². The van der Waals surface area contributed by atoms with Crippen LogP contribution in [0.1, 0.15) is 20.7 Å². The van der Waals surface area contributed by atoms with Gasteiger partial charge in [-0.25, -0.2) is 4.98 Å². The van der Waals surface area contributed by atoms with E-state index < -0.39 is 5.91 Å². The van der Waals surface area contributed by atoms with Gasteiger partial charge in [0, 0.05) is 28.4 Å². The number of anilines is 1. The molecule has 0 unspecified atom stereocenters. The number of nitrogens with two attached hydrogens (primary N) is 1. The fourth-order valence-electron chi connectivity index (χ4n) is 1.98. The van der Waals surface area contributed by atoms with Gasteiger partial charge in [0.2, 0.25) is 5.91 Å². The molecule has 0 aliphatic heterocycles. The Labute approximate surface area is 141 Å². The monoisotopic (exact) mass is 339 g/mol. The third-order valence-corrected chi connectivity index (χ3v) is 3.79. The molecule has 7 heteroatoms. The van der Waals surface area contributed by atoms with E-state index in [1.807, 2.05) is 5.38 Å². The van der Waals surface area contributed by atoms with Crippen LogP contribution in [-0.2, 0) is 0 Å². The molecule has 0 fully saturated rings. The molecule has 6 nitrogen and oxygen atoms in total. The summed E-state index contributed by atoms with van der Waals surface area (Å²) in [5.74, 6) is -0.270. The molecule has 0 aliphatic rings. The molecule has 0 spiro atoms. The Morgan fingerprint density at radius 2 is 1.88 bits per heavy atom. The molecule has 3 aromatic rings. The summed E-state index contributed by atoms with van der Waals surface area (Å²) >= 11 is 1.37. The number of primary amides is 1. The Hall–Kier alpha value is -3.19. The summed E-state index contributed by atoms with van der Waals surface area (Å²) in [6.45, 7) is 0. The highest BCUT2D eigenvalue weighted by Gasteiger charge is 2.09. The Morgan fingerprint density at radius 1 is 1.08 bits per heavy atom. The SMILES string of the molecule is NC(=O)c1ccc(NC(=O)c2cccc(Oc3nccs3)c2)cc1. The molecule has 2 aromatic carbocycles. The van der Waals surface area contributed by atoms with Gasteiger partial charge in [-0.1, -0.05) is 17.4 Å². The lowest BCUT2D eigenvalue weighted by atomic mass is 10.1. The Bertz CT molecular complexity index is 861. The van der Waals surface area contributed by atoms with Crippen LogP contribution in [-0.4, -0.2) is 16.8 Å². The number of carbonyl (C=O) groups is 2. The van der Waals surface area contributed by atoms with Crippen LogP contribution in [0.15, 0.2) is 60.1 Å². The highest BCUT2D eigenvalue weighted by molar-refractivity contribution is 7.11. The quantitative estimate of drug-likeness (QED) is 0.746. The third-order valence-electron chi connectivity index (χ3n) is 3.14. The summed E-state index contributed by atoms with van der Waals surface area (Å²) in [7, 11) is 0. The van der Waals surface area contributed by atoms with Crippen LogP contribution in [0, 0.1) is 0 Å². The second-order valence-corrected chi connectivity index (χ2v) is 5.68. The highest BCUT2D eigenvalue weighted by atomic mass is 32.1. The van der Waals surface area contributed by atoms with Crippen molar-refractivity contribution < 1.29 is 14.3 Å². The molecule has 1 aromatic heterocycles. The Morgan fingerprint density at radius 3 is 2.54 bits per heavy atom. The van der Waals surface area contributed by atoms with E-state index in [-0.39, 0.29) is 5.91 Å². The molecule has 24 heavy (non-hydrogen) atoms. The van der Waals surface area contributed by atoms with Crippen molar-refractivity contribution in [3.8, 4) is 10.9 Å². The maximum atomic E-state index is 12.3. The van der Waals surface area contributed by atoms with Crippen molar-refractivity contribution >= 4 is 28.8 Å². The van der Waals surface area contributed by atoms with Crippen LogP contribution < -0.4 is 15.8 Å². The number of aromatic nitrogens is 1. The Balaban J connectivity index is 1.71. The lowest BCUT2D eigenvalue weighted by Gasteiger charge is -2.07. The van der Waals surface area contributed by atoms with Crippen LogP contribution in [0.3, 0.4) is 0 Å². The van der Waals surface area contributed by atoms with Crippen molar-refractivity contribution in [2.75, 3.05) is 5.32 Å². The highest BCUT2D eigenvalue weighted by Crippen LogP contribution is 2.24. The van der Waals surface area contributed by atoms with Crippen LogP contribution >= 0.6 is 11.3 Å². The summed E-state index contributed by atoms with van der Waals surface area (Å²) < 4.78 is 5.58. The van der Waals surface area contributed by atoms with Crippen molar-refractivity contribution in [3.63, 3.8) is 0 Å². The van der Waals surface area contributed by atoms with Crippen LogP contribution in [0.5, 0.6) is 10.9 Å². The molecule has 0 atom stereocenters. The number of benzene rings is 2. The first kappa shape index (κ1) is 15.7. The number of ether oxygens (including phenoxy) is 1. The molecule has 120 valence electrons. The van der Waals surface area contributed by atoms with Gasteiger partial charge in [-0.2, -0.15) is 0 Å². The summed E-state index contributed by atoms with van der Waals surface area (Å²) in [6, 6.07) is 13.1. The maximum absolute atomic E-state index is 12.3. The van der Waals surface area contributed by atoms with Gasteiger partial charge in [-0.15, -0.1) is 0 Å². The number of nitrogens with one attached hydrogen (secondary N) is 1. The van der Waals surface area contributed by atoms with Crippen molar-refractivity contribution in [2.45, 2.75) is 0 Å². The minimum atomic E-state index is -0.514. The van der Waals surface area contributed by atoms with Crippen molar-refractivity contribution in [2.24, 2.45) is 5.73 Å². The number of hydrogen-bond acceptors (Lipinski definition) is 5. The van der Waals surface area contributed by atoms with Gasteiger partial charge < -0.3 is 15.8 Å². The summed E-state index contributed by atoms with van der Waals surface area (Å²) in [5.41, 5.74) is 6.58. The zero-order valence-electron chi connectivity index (χ0n) is 12.4. The van der Waals surface area contributed by atoms with Gasteiger partial charge in [0.1, 0.15) is 5.75 Å². The van der Waals surface area contributed by atoms with E-state index in [2.05, 4.69) is 10.3 Å². The zero-order chi connectivity index (χ0) is 16.9. The summed E-state index contributed by atoms with van der Waals surface area (Å²) in [5, 5.41) is 5.07. The minimum absolute atomic E-state index is 0.286. The maximum Gasteiger partial charge on any atom is 0.278 e. The van der Waals surface area contributed by atoms with E-state index in [1.165, 1.54) is 11.3 Å². The van der Waals surface area contributed by atoms with Crippen molar-refractivity contribution in [3.05, 3.63) is 71.2 Å². The zero-order valence-corrected chi connectivity index (χ0v) is 13.2. The second kappa shape index (κ2) is 6.93. The third kappa shape index (κ3) is 3.76. The smallest absolute Gasteiger partial charge is 0.278 e. The topological polar surface area (TPSA) is 94.3 Å². The lowest BCUT2D eigenvalue weighted by molar-refractivity contribution is 0.0998. The number of nitrogens with zero attached hydrogens (tertiary/aromatic N) is 1. The number of thiazole rings is 1. The molecule has 1 heterocycles. The van der Waals surface area contributed by atoms with Crippen molar-refractivity contribution in [1.82, 2.24) is 4.98 Å². The number of rotatable bonds is 5. The van der Waals surface area contributed by atoms with Crippen molar-refractivity contribution in [1.29, 1.82) is 0 Å². The summed E-state index contributed by atoms with van der Waals surface area (Å²) in [4.78, 5) is 27.4. The normalized spacial score (nSPS) is 10.2. The van der Waals surface area contributed by atoms with E-state index in [1.54, 1.807) is 54.7 Å². The standard InChI is InChI=1S/C17H13N3O3S/c18-15(21)11-4-6-13(7-5-11)20-16(22)12-2-1-3-14(10-12)23-17-19-8-9-24-17/h1-10H,(H2,18,21)(H,20,22). The van der Waals surface area contributed by atoms with E-state index >= 15 is 0 Å². The van der Waals surface area contributed by atoms with Crippen LogP contribution in [0.25, 0.3) is 0 Å². The molecule has 3 N–H and O–H groups in total. The number of carbonyl (C=O) groups excluding carboxylic acids is 2.